The van der Waals surface area contributed by atoms with Gasteiger partial charge in [-0.2, -0.15) is 0 Å². The molecule has 13 heavy (non-hydrogen) atoms. The van der Waals surface area contributed by atoms with Gasteiger partial charge >= 0.3 is 0 Å². The van der Waals surface area contributed by atoms with E-state index in [0.29, 0.717) is 5.56 Å². The lowest BCUT2D eigenvalue weighted by atomic mass is 10.1. The van der Waals surface area contributed by atoms with Gasteiger partial charge in [-0.25, -0.2) is 4.39 Å². The number of rotatable bonds is 1. The van der Waals surface area contributed by atoms with Crippen LogP contribution in [0.2, 0.25) is 0 Å². The summed E-state index contributed by atoms with van der Waals surface area (Å²) in [6.45, 7) is 0. The van der Waals surface area contributed by atoms with Crippen LogP contribution in [0.15, 0.2) is 22.8 Å². The second kappa shape index (κ2) is 3.66. The van der Waals surface area contributed by atoms with Gasteiger partial charge < -0.3 is 16.6 Å². The number of aliphatic hydroxyl groups excluding tert-OH is 1. The fraction of sp³-hybridized carbons (Fsp3) is 0. The predicted octanol–water partition coefficient (Wildman–Crippen LogP) is 1.99. The first-order valence-electron chi connectivity index (χ1n) is 3.42. The standard InChI is InChI=1S/C8H8BrFN2O/c9-5-1-4(8(13)3-11)7(12)2-6(5)10/h1-3,13H,11-12H2/b8-3+. The molecule has 0 heterocycles. The van der Waals surface area contributed by atoms with Crippen molar-refractivity contribution in [3.05, 3.63) is 34.2 Å². The Morgan fingerprint density at radius 2 is 2.15 bits per heavy atom. The van der Waals surface area contributed by atoms with E-state index in [1.165, 1.54) is 6.07 Å². The van der Waals surface area contributed by atoms with Crippen molar-refractivity contribution in [2.75, 3.05) is 5.73 Å². The van der Waals surface area contributed by atoms with Gasteiger partial charge in [-0.3, -0.25) is 0 Å². The molecule has 0 aliphatic rings. The first-order chi connectivity index (χ1) is 6.06. The molecule has 0 amide bonds. The summed E-state index contributed by atoms with van der Waals surface area (Å²) in [6.07, 6.45) is 0.996. The van der Waals surface area contributed by atoms with E-state index in [9.17, 15) is 9.50 Å². The van der Waals surface area contributed by atoms with Crippen LogP contribution in [0.1, 0.15) is 5.56 Å². The molecule has 0 saturated heterocycles. The van der Waals surface area contributed by atoms with Gasteiger partial charge in [0.1, 0.15) is 11.6 Å². The summed E-state index contributed by atoms with van der Waals surface area (Å²) in [7, 11) is 0. The van der Waals surface area contributed by atoms with Gasteiger partial charge in [-0.1, -0.05) is 0 Å². The molecule has 1 aromatic carbocycles. The third-order valence-corrected chi connectivity index (χ3v) is 2.13. The van der Waals surface area contributed by atoms with Crippen molar-refractivity contribution < 1.29 is 9.50 Å². The van der Waals surface area contributed by atoms with Crippen molar-refractivity contribution in [3.8, 4) is 0 Å². The van der Waals surface area contributed by atoms with Gasteiger partial charge in [-0.05, 0) is 28.1 Å². The fourth-order valence-electron chi connectivity index (χ4n) is 0.874. The molecule has 0 atom stereocenters. The average molecular weight is 247 g/mol. The molecule has 5 heteroatoms. The van der Waals surface area contributed by atoms with E-state index in [1.54, 1.807) is 0 Å². The van der Waals surface area contributed by atoms with Gasteiger partial charge in [0.15, 0.2) is 0 Å². The van der Waals surface area contributed by atoms with Gasteiger partial charge in [0.25, 0.3) is 0 Å². The van der Waals surface area contributed by atoms with Crippen LogP contribution >= 0.6 is 15.9 Å². The maximum atomic E-state index is 12.9. The molecule has 0 aliphatic carbocycles. The number of hydrogen-bond donors (Lipinski definition) is 3. The second-order valence-electron chi connectivity index (χ2n) is 2.41. The topological polar surface area (TPSA) is 72.3 Å². The normalized spacial score (nSPS) is 11.7. The lowest BCUT2D eigenvalue weighted by molar-refractivity contribution is 0.510. The number of halogens is 2. The van der Waals surface area contributed by atoms with Crippen LogP contribution in [0.25, 0.3) is 5.76 Å². The third kappa shape index (κ3) is 1.92. The van der Waals surface area contributed by atoms with Crippen LogP contribution in [0, 0.1) is 5.82 Å². The Bertz CT molecular complexity index is 365. The Labute approximate surface area is 83.0 Å². The van der Waals surface area contributed by atoms with E-state index >= 15 is 0 Å². The predicted molar refractivity (Wildman–Crippen MR) is 53.3 cm³/mol. The lowest BCUT2D eigenvalue weighted by Gasteiger charge is -2.05. The van der Waals surface area contributed by atoms with Crippen LogP contribution < -0.4 is 11.5 Å². The summed E-state index contributed by atoms with van der Waals surface area (Å²) < 4.78 is 13.1. The molecule has 0 saturated carbocycles. The van der Waals surface area contributed by atoms with Crippen LogP contribution in [0.5, 0.6) is 0 Å². The highest BCUT2D eigenvalue weighted by Crippen LogP contribution is 2.26. The first-order valence-corrected chi connectivity index (χ1v) is 4.21. The SMILES string of the molecule is N/C=C(/O)c1cc(Br)c(F)cc1N. The van der Waals surface area contributed by atoms with Crippen LogP contribution in [0.3, 0.4) is 0 Å². The number of aliphatic hydroxyl groups is 1. The summed E-state index contributed by atoms with van der Waals surface area (Å²) in [5.41, 5.74) is 11.0. The first kappa shape index (κ1) is 9.85. The zero-order valence-corrected chi connectivity index (χ0v) is 8.18. The molecule has 0 fully saturated rings. The summed E-state index contributed by atoms with van der Waals surface area (Å²) in [4.78, 5) is 0. The lowest BCUT2D eigenvalue weighted by Crippen LogP contribution is -1.97. The van der Waals surface area contributed by atoms with E-state index in [4.69, 9.17) is 11.5 Å². The van der Waals surface area contributed by atoms with Crippen LogP contribution in [-0.4, -0.2) is 5.11 Å². The molecular formula is C8H8BrFN2O. The average Bonchev–Trinajstić information content (AvgIpc) is 2.10. The molecule has 0 bridgehead atoms. The number of nitrogen functional groups attached to an aromatic ring is 1. The summed E-state index contributed by atoms with van der Waals surface area (Å²) in [5, 5.41) is 9.24. The maximum Gasteiger partial charge on any atom is 0.140 e. The largest absolute Gasteiger partial charge is 0.506 e. The molecule has 0 aliphatic heterocycles. The molecule has 0 radical (unpaired) electrons. The van der Waals surface area contributed by atoms with Crippen molar-refractivity contribution in [2.45, 2.75) is 0 Å². The zero-order valence-electron chi connectivity index (χ0n) is 6.59. The molecule has 1 aromatic rings. The smallest absolute Gasteiger partial charge is 0.140 e. The second-order valence-corrected chi connectivity index (χ2v) is 3.26. The number of hydrogen-bond acceptors (Lipinski definition) is 3. The minimum absolute atomic E-state index is 0.139. The van der Waals surface area contributed by atoms with Gasteiger partial charge in [-0.15, -0.1) is 0 Å². The summed E-state index contributed by atoms with van der Waals surface area (Å²) >= 11 is 2.97. The Morgan fingerprint density at radius 3 is 2.69 bits per heavy atom. The minimum atomic E-state index is -0.480. The summed E-state index contributed by atoms with van der Waals surface area (Å²) in [6, 6.07) is 2.47. The zero-order chi connectivity index (χ0) is 10.0. The van der Waals surface area contributed by atoms with Gasteiger partial charge in [0.05, 0.1) is 4.47 Å². The Morgan fingerprint density at radius 1 is 1.54 bits per heavy atom. The molecule has 0 aromatic heterocycles. The molecule has 70 valence electrons. The molecule has 3 nitrogen and oxygen atoms in total. The van der Waals surface area contributed by atoms with Crippen molar-refractivity contribution in [3.63, 3.8) is 0 Å². The Kier molecular flexibility index (Phi) is 2.77. The highest BCUT2D eigenvalue weighted by molar-refractivity contribution is 9.10. The molecule has 1 rings (SSSR count). The summed E-state index contributed by atoms with van der Waals surface area (Å²) in [5.74, 6) is -0.663. The van der Waals surface area contributed by atoms with Crippen LogP contribution in [-0.2, 0) is 0 Å². The minimum Gasteiger partial charge on any atom is -0.506 e. The van der Waals surface area contributed by atoms with Crippen LogP contribution in [0.4, 0.5) is 10.1 Å². The highest BCUT2D eigenvalue weighted by atomic mass is 79.9. The third-order valence-electron chi connectivity index (χ3n) is 1.53. The van der Waals surface area contributed by atoms with E-state index in [1.807, 2.05) is 0 Å². The van der Waals surface area contributed by atoms with Gasteiger partial charge in [0.2, 0.25) is 0 Å². The van der Waals surface area contributed by atoms with Crippen molar-refractivity contribution in [2.24, 2.45) is 5.73 Å². The Balaban J connectivity index is 3.32. The molecule has 5 N–H and O–H groups in total. The number of anilines is 1. The quantitative estimate of drug-likeness (QED) is 0.524. The molecular weight excluding hydrogens is 239 g/mol. The van der Waals surface area contributed by atoms with Crippen molar-refractivity contribution in [1.29, 1.82) is 0 Å². The van der Waals surface area contributed by atoms with Crippen molar-refractivity contribution in [1.82, 2.24) is 0 Å². The van der Waals surface area contributed by atoms with E-state index < -0.39 is 5.82 Å². The monoisotopic (exact) mass is 246 g/mol. The molecule has 0 spiro atoms. The maximum absolute atomic E-state index is 12.9. The van der Waals surface area contributed by atoms with E-state index in [0.717, 1.165) is 12.3 Å². The highest BCUT2D eigenvalue weighted by Gasteiger charge is 2.08. The number of nitrogens with two attached hydrogens (primary N) is 2. The van der Waals surface area contributed by atoms with E-state index in [2.05, 4.69) is 15.9 Å². The van der Waals surface area contributed by atoms with Gasteiger partial charge in [0, 0.05) is 17.5 Å². The fourth-order valence-corrected chi connectivity index (χ4v) is 1.22. The number of benzene rings is 1. The van der Waals surface area contributed by atoms with E-state index in [-0.39, 0.29) is 15.9 Å². The van der Waals surface area contributed by atoms with Crippen molar-refractivity contribution >= 4 is 27.4 Å². The molecule has 0 unspecified atom stereocenters. The Hall–Kier alpha value is -1.23.